The first-order chi connectivity index (χ1) is 8.12. The predicted octanol–water partition coefficient (Wildman–Crippen LogP) is 0.459. The Hall–Kier alpha value is -1.49. The lowest BCUT2D eigenvalue weighted by atomic mass is 9.79. The summed E-state index contributed by atoms with van der Waals surface area (Å²) in [4.78, 5) is 23.5. The average molecular weight is 255 g/mol. The van der Waals surface area contributed by atoms with E-state index < -0.39 is 10.9 Å². The van der Waals surface area contributed by atoms with Crippen LogP contribution < -0.4 is 10.6 Å². The van der Waals surface area contributed by atoms with Gasteiger partial charge in [0.15, 0.2) is 5.78 Å². The Morgan fingerprint density at radius 1 is 1.47 bits per heavy atom. The summed E-state index contributed by atoms with van der Waals surface area (Å²) in [6, 6.07) is -0.257. The van der Waals surface area contributed by atoms with Gasteiger partial charge in [0.1, 0.15) is 11.1 Å². The molecule has 0 aromatic rings. The third-order valence-electron chi connectivity index (χ3n) is 3.33. The molecule has 2 heterocycles. The molecule has 0 radical (unpaired) electrons. The van der Waals surface area contributed by atoms with Gasteiger partial charge in [0.2, 0.25) is 0 Å². The van der Waals surface area contributed by atoms with Crippen LogP contribution >= 0.6 is 11.6 Å². The van der Waals surface area contributed by atoms with Gasteiger partial charge < -0.3 is 15.4 Å². The second kappa shape index (κ2) is 3.50. The van der Waals surface area contributed by atoms with E-state index in [4.69, 9.17) is 16.3 Å². The van der Waals surface area contributed by atoms with E-state index in [1.54, 1.807) is 12.2 Å². The van der Waals surface area contributed by atoms with Gasteiger partial charge in [0.05, 0.1) is 17.7 Å². The smallest absolute Gasteiger partial charge is 0.315 e. The van der Waals surface area contributed by atoms with E-state index in [0.29, 0.717) is 30.9 Å². The summed E-state index contributed by atoms with van der Waals surface area (Å²) >= 11 is 5.93. The standard InChI is InChI=1S/C11H11ClN2O3/c12-6-1-2-7-8(9(6)15)11(3-4-17-7)5-13-10(16)14-11/h1-2,6H,3-5H2,(H2,13,14,16). The van der Waals surface area contributed by atoms with Crippen molar-refractivity contribution in [3.05, 3.63) is 23.5 Å². The van der Waals surface area contributed by atoms with Crippen molar-refractivity contribution in [2.75, 3.05) is 13.2 Å². The minimum absolute atomic E-state index is 0.187. The first-order valence-electron chi connectivity index (χ1n) is 5.42. The molecule has 1 fully saturated rings. The SMILES string of the molecule is O=C1NCC2(CCOC3=C2C(=O)C(Cl)C=C3)N1. The number of halogens is 1. The molecule has 1 spiro atoms. The normalized spacial score (nSPS) is 35.5. The van der Waals surface area contributed by atoms with E-state index in [1.807, 2.05) is 0 Å². The summed E-state index contributed by atoms with van der Waals surface area (Å²) in [5.41, 5.74) is -0.163. The van der Waals surface area contributed by atoms with Crippen LogP contribution in [0.25, 0.3) is 0 Å². The minimum atomic E-state index is -0.676. The third-order valence-corrected chi connectivity index (χ3v) is 3.67. The zero-order valence-electron chi connectivity index (χ0n) is 8.96. The van der Waals surface area contributed by atoms with Crippen LogP contribution in [0.4, 0.5) is 4.79 Å². The molecule has 6 heteroatoms. The topological polar surface area (TPSA) is 67.4 Å². The van der Waals surface area contributed by atoms with Crippen LogP contribution in [0.3, 0.4) is 0 Å². The first-order valence-corrected chi connectivity index (χ1v) is 5.86. The van der Waals surface area contributed by atoms with Crippen molar-refractivity contribution in [1.82, 2.24) is 10.6 Å². The summed E-state index contributed by atoms with van der Waals surface area (Å²) in [6.07, 6.45) is 3.89. The molecule has 90 valence electrons. The molecule has 0 saturated carbocycles. The molecule has 5 nitrogen and oxygen atoms in total. The van der Waals surface area contributed by atoms with E-state index in [1.165, 1.54) is 0 Å². The zero-order valence-corrected chi connectivity index (χ0v) is 9.71. The monoisotopic (exact) mass is 254 g/mol. The molecule has 3 aliphatic rings. The molecule has 2 unspecified atom stereocenters. The van der Waals surface area contributed by atoms with Crippen molar-refractivity contribution >= 4 is 23.4 Å². The number of alkyl halides is 1. The molecular weight excluding hydrogens is 244 g/mol. The molecule has 17 heavy (non-hydrogen) atoms. The van der Waals surface area contributed by atoms with Crippen LogP contribution in [-0.4, -0.2) is 35.9 Å². The highest BCUT2D eigenvalue weighted by molar-refractivity contribution is 6.36. The highest BCUT2D eigenvalue weighted by Crippen LogP contribution is 2.36. The largest absolute Gasteiger partial charge is 0.493 e. The lowest BCUT2D eigenvalue weighted by Gasteiger charge is -2.37. The Labute approximate surface area is 103 Å². The molecule has 2 atom stereocenters. The van der Waals surface area contributed by atoms with E-state index in [0.717, 1.165) is 0 Å². The predicted molar refractivity (Wildman–Crippen MR) is 60.6 cm³/mol. The summed E-state index contributed by atoms with van der Waals surface area (Å²) < 4.78 is 5.46. The van der Waals surface area contributed by atoms with Crippen molar-refractivity contribution < 1.29 is 14.3 Å². The van der Waals surface area contributed by atoms with Gasteiger partial charge in [-0.05, 0) is 6.08 Å². The number of urea groups is 1. The van der Waals surface area contributed by atoms with Gasteiger partial charge in [-0.3, -0.25) is 4.79 Å². The minimum Gasteiger partial charge on any atom is -0.493 e. The number of nitrogens with one attached hydrogen (secondary N) is 2. The number of allylic oxidation sites excluding steroid dienone is 2. The highest BCUT2D eigenvalue weighted by atomic mass is 35.5. The summed E-state index contributed by atoms with van der Waals surface area (Å²) in [7, 11) is 0. The fourth-order valence-electron chi connectivity index (χ4n) is 2.49. The van der Waals surface area contributed by atoms with Crippen LogP contribution in [0.1, 0.15) is 6.42 Å². The second-order valence-electron chi connectivity index (χ2n) is 4.35. The quantitative estimate of drug-likeness (QED) is 0.617. The molecule has 0 bridgehead atoms. The summed E-state index contributed by atoms with van der Waals surface area (Å²) in [6.45, 7) is 0.878. The van der Waals surface area contributed by atoms with Gasteiger partial charge >= 0.3 is 6.03 Å². The number of amides is 2. The molecule has 1 aliphatic carbocycles. The number of hydrogen-bond donors (Lipinski definition) is 2. The van der Waals surface area contributed by atoms with Crippen LogP contribution in [-0.2, 0) is 9.53 Å². The van der Waals surface area contributed by atoms with Gasteiger partial charge in [-0.25, -0.2) is 4.79 Å². The number of carbonyl (C=O) groups excluding carboxylic acids is 2. The summed E-state index contributed by atoms with van der Waals surface area (Å²) in [5, 5.41) is 4.83. The van der Waals surface area contributed by atoms with Crippen LogP contribution in [0.15, 0.2) is 23.5 Å². The Morgan fingerprint density at radius 3 is 3.00 bits per heavy atom. The third kappa shape index (κ3) is 1.45. The second-order valence-corrected chi connectivity index (χ2v) is 4.82. The van der Waals surface area contributed by atoms with Gasteiger partial charge in [0.25, 0.3) is 0 Å². The number of ether oxygens (including phenoxy) is 1. The van der Waals surface area contributed by atoms with E-state index in [2.05, 4.69) is 10.6 Å². The van der Waals surface area contributed by atoms with Crippen molar-refractivity contribution in [2.24, 2.45) is 0 Å². The maximum absolute atomic E-state index is 12.1. The van der Waals surface area contributed by atoms with Gasteiger partial charge in [0, 0.05) is 13.0 Å². The lowest BCUT2D eigenvalue weighted by Crippen LogP contribution is -2.52. The molecule has 0 aromatic heterocycles. The zero-order chi connectivity index (χ0) is 12.0. The number of rotatable bonds is 0. The average Bonchev–Trinajstić information content (AvgIpc) is 2.66. The molecule has 2 aliphatic heterocycles. The fraction of sp³-hybridized carbons (Fsp3) is 0.455. The number of Topliss-reactive ketones (excluding diaryl/α,β-unsaturated/α-hetero) is 1. The maximum Gasteiger partial charge on any atom is 0.315 e. The Bertz CT molecular complexity index is 471. The highest BCUT2D eigenvalue weighted by Gasteiger charge is 2.49. The fourth-order valence-corrected chi connectivity index (χ4v) is 2.67. The summed E-state index contributed by atoms with van der Waals surface area (Å²) in [5.74, 6) is 0.343. The van der Waals surface area contributed by atoms with Gasteiger partial charge in [-0.1, -0.05) is 6.08 Å². The van der Waals surface area contributed by atoms with Crippen LogP contribution in [0.5, 0.6) is 0 Å². The Kier molecular flexibility index (Phi) is 2.19. The molecule has 3 rings (SSSR count). The van der Waals surface area contributed by atoms with E-state index >= 15 is 0 Å². The van der Waals surface area contributed by atoms with E-state index in [-0.39, 0.29) is 11.8 Å². The maximum atomic E-state index is 12.1. The number of ketones is 1. The Balaban J connectivity index is 2.09. The molecule has 2 amide bonds. The molecule has 0 aromatic carbocycles. The van der Waals surface area contributed by atoms with Crippen molar-refractivity contribution in [3.8, 4) is 0 Å². The number of carbonyl (C=O) groups is 2. The van der Waals surface area contributed by atoms with Crippen molar-refractivity contribution in [1.29, 1.82) is 0 Å². The van der Waals surface area contributed by atoms with Gasteiger partial charge in [-0.2, -0.15) is 0 Å². The lowest BCUT2D eigenvalue weighted by molar-refractivity contribution is -0.116. The van der Waals surface area contributed by atoms with Crippen LogP contribution in [0, 0.1) is 0 Å². The van der Waals surface area contributed by atoms with Gasteiger partial charge in [-0.15, -0.1) is 11.6 Å². The Morgan fingerprint density at radius 2 is 2.29 bits per heavy atom. The molecule has 1 saturated heterocycles. The number of fused-ring (bicyclic) bond motifs is 1. The van der Waals surface area contributed by atoms with E-state index in [9.17, 15) is 9.59 Å². The first kappa shape index (κ1) is 10.7. The molecule has 2 N–H and O–H groups in total. The molecular formula is C11H11ClN2O3. The van der Waals surface area contributed by atoms with Crippen molar-refractivity contribution in [2.45, 2.75) is 17.3 Å². The van der Waals surface area contributed by atoms with Crippen molar-refractivity contribution in [3.63, 3.8) is 0 Å². The van der Waals surface area contributed by atoms with Crippen LogP contribution in [0.2, 0.25) is 0 Å². The number of hydrogen-bond acceptors (Lipinski definition) is 3.